The predicted molar refractivity (Wildman–Crippen MR) is 72.6 cm³/mol. The van der Waals surface area contributed by atoms with Gasteiger partial charge in [0.25, 0.3) is 0 Å². The topological polar surface area (TPSA) is 41.6 Å². The van der Waals surface area contributed by atoms with Crippen LogP contribution in [0.5, 0.6) is 0 Å². The molecular weight excluding hydrogens is 259 g/mol. The molecule has 0 saturated carbocycles. The van der Waals surface area contributed by atoms with E-state index in [1.807, 2.05) is 6.07 Å². The van der Waals surface area contributed by atoms with Gasteiger partial charge in [0.1, 0.15) is 12.4 Å². The van der Waals surface area contributed by atoms with Gasteiger partial charge in [-0.05, 0) is 37.1 Å². The molecule has 0 bridgehead atoms. The Balaban J connectivity index is 1.72. The van der Waals surface area contributed by atoms with Crippen LogP contribution >= 0.6 is 0 Å². The van der Waals surface area contributed by atoms with E-state index >= 15 is 0 Å². The minimum Gasteiger partial charge on any atom is -0.362 e. The van der Waals surface area contributed by atoms with Crippen LogP contribution in [0.2, 0.25) is 0 Å². The maximum atomic E-state index is 13.2. The van der Waals surface area contributed by atoms with Gasteiger partial charge < -0.3 is 15.0 Å². The highest BCUT2D eigenvalue weighted by atomic mass is 19.1. The Morgan fingerprint density at radius 1 is 1.45 bits per heavy atom. The SMILES string of the molecule is O=C1COC2(CCCNC2)CN1Cc1cccc(F)c1. The second-order valence-corrected chi connectivity index (χ2v) is 5.63. The van der Waals surface area contributed by atoms with E-state index < -0.39 is 0 Å². The van der Waals surface area contributed by atoms with Crippen molar-refractivity contribution in [1.82, 2.24) is 10.2 Å². The first-order valence-electron chi connectivity index (χ1n) is 7.04. The first-order valence-corrected chi connectivity index (χ1v) is 7.04. The number of hydrogen-bond donors (Lipinski definition) is 1. The minimum atomic E-state index is -0.266. The fourth-order valence-electron chi connectivity index (χ4n) is 2.99. The van der Waals surface area contributed by atoms with Gasteiger partial charge in [0, 0.05) is 13.1 Å². The molecule has 1 spiro atoms. The van der Waals surface area contributed by atoms with Gasteiger partial charge >= 0.3 is 0 Å². The van der Waals surface area contributed by atoms with Gasteiger partial charge in [0.05, 0.1) is 12.1 Å². The number of morpholine rings is 1. The number of ether oxygens (including phenoxy) is 1. The number of nitrogens with zero attached hydrogens (tertiary/aromatic N) is 1. The summed E-state index contributed by atoms with van der Waals surface area (Å²) in [6, 6.07) is 6.41. The molecule has 108 valence electrons. The molecule has 1 atom stereocenters. The third-order valence-corrected chi connectivity index (χ3v) is 4.03. The lowest BCUT2D eigenvalue weighted by atomic mass is 9.91. The first-order chi connectivity index (χ1) is 9.67. The zero-order valence-corrected chi connectivity index (χ0v) is 11.4. The zero-order valence-electron chi connectivity index (χ0n) is 11.4. The minimum absolute atomic E-state index is 0.0227. The third kappa shape index (κ3) is 2.83. The average Bonchev–Trinajstić information content (AvgIpc) is 2.44. The molecule has 1 aromatic rings. The number of benzene rings is 1. The van der Waals surface area contributed by atoms with E-state index in [2.05, 4.69) is 5.32 Å². The molecule has 4 nitrogen and oxygen atoms in total. The Hall–Kier alpha value is -1.46. The lowest BCUT2D eigenvalue weighted by Crippen LogP contribution is -2.60. The van der Waals surface area contributed by atoms with Crippen molar-refractivity contribution in [1.29, 1.82) is 0 Å². The van der Waals surface area contributed by atoms with E-state index in [4.69, 9.17) is 4.74 Å². The lowest BCUT2D eigenvalue weighted by Gasteiger charge is -2.44. The number of nitrogens with one attached hydrogen (secondary N) is 1. The third-order valence-electron chi connectivity index (χ3n) is 4.03. The van der Waals surface area contributed by atoms with Crippen molar-refractivity contribution in [3.8, 4) is 0 Å². The second-order valence-electron chi connectivity index (χ2n) is 5.63. The van der Waals surface area contributed by atoms with E-state index in [9.17, 15) is 9.18 Å². The van der Waals surface area contributed by atoms with Gasteiger partial charge in [0.15, 0.2) is 0 Å². The quantitative estimate of drug-likeness (QED) is 0.887. The van der Waals surface area contributed by atoms with Crippen LogP contribution in [0.1, 0.15) is 18.4 Å². The predicted octanol–water partition coefficient (Wildman–Crippen LogP) is 1.31. The Kier molecular flexibility index (Phi) is 3.72. The maximum absolute atomic E-state index is 13.2. The molecule has 2 fully saturated rings. The molecule has 0 radical (unpaired) electrons. The molecule has 1 amide bonds. The normalized spacial score (nSPS) is 27.1. The van der Waals surface area contributed by atoms with Crippen LogP contribution in [0.4, 0.5) is 4.39 Å². The van der Waals surface area contributed by atoms with E-state index in [1.54, 1.807) is 11.0 Å². The van der Waals surface area contributed by atoms with E-state index in [0.29, 0.717) is 13.1 Å². The number of amides is 1. The van der Waals surface area contributed by atoms with Crippen LogP contribution in [0.3, 0.4) is 0 Å². The Morgan fingerprint density at radius 3 is 3.10 bits per heavy atom. The van der Waals surface area contributed by atoms with Crippen molar-refractivity contribution in [3.63, 3.8) is 0 Å². The Labute approximate surface area is 117 Å². The first kappa shape index (κ1) is 13.5. The largest absolute Gasteiger partial charge is 0.362 e. The van der Waals surface area contributed by atoms with Crippen LogP contribution in [-0.2, 0) is 16.1 Å². The van der Waals surface area contributed by atoms with Crippen LogP contribution in [-0.4, -0.2) is 42.6 Å². The van der Waals surface area contributed by atoms with Crippen molar-refractivity contribution >= 4 is 5.91 Å². The van der Waals surface area contributed by atoms with Crippen LogP contribution < -0.4 is 5.32 Å². The number of hydrogen-bond acceptors (Lipinski definition) is 3. The number of piperidine rings is 1. The summed E-state index contributed by atoms with van der Waals surface area (Å²) in [5.74, 6) is -0.289. The molecular formula is C15H19FN2O2. The summed E-state index contributed by atoms with van der Waals surface area (Å²) in [6.45, 7) is 2.93. The number of rotatable bonds is 2. The lowest BCUT2D eigenvalue weighted by molar-refractivity contribution is -0.167. The molecule has 2 saturated heterocycles. The number of carbonyl (C=O) groups excluding carboxylic acids is 1. The zero-order chi connectivity index (χ0) is 14.0. The smallest absolute Gasteiger partial charge is 0.249 e. The Morgan fingerprint density at radius 2 is 2.35 bits per heavy atom. The van der Waals surface area contributed by atoms with E-state index in [0.717, 1.165) is 31.5 Å². The fourth-order valence-corrected chi connectivity index (χ4v) is 2.99. The van der Waals surface area contributed by atoms with Gasteiger partial charge in [-0.25, -0.2) is 4.39 Å². The van der Waals surface area contributed by atoms with Crippen molar-refractivity contribution in [2.24, 2.45) is 0 Å². The van der Waals surface area contributed by atoms with Crippen LogP contribution in [0.15, 0.2) is 24.3 Å². The summed E-state index contributed by atoms with van der Waals surface area (Å²) < 4.78 is 19.0. The summed E-state index contributed by atoms with van der Waals surface area (Å²) in [6.07, 6.45) is 2.02. The molecule has 2 aliphatic rings. The van der Waals surface area contributed by atoms with Crippen molar-refractivity contribution in [3.05, 3.63) is 35.6 Å². The van der Waals surface area contributed by atoms with Gasteiger partial charge in [-0.2, -0.15) is 0 Å². The van der Waals surface area contributed by atoms with E-state index in [-0.39, 0.29) is 23.9 Å². The Bertz CT molecular complexity index is 500. The summed E-state index contributed by atoms with van der Waals surface area (Å²) >= 11 is 0. The summed E-state index contributed by atoms with van der Waals surface area (Å²) in [5.41, 5.74) is 0.554. The fraction of sp³-hybridized carbons (Fsp3) is 0.533. The molecule has 2 heterocycles. The summed E-state index contributed by atoms with van der Waals surface area (Å²) in [5, 5.41) is 3.33. The molecule has 5 heteroatoms. The van der Waals surface area contributed by atoms with Crippen molar-refractivity contribution in [2.45, 2.75) is 25.0 Å². The van der Waals surface area contributed by atoms with Gasteiger partial charge in [-0.3, -0.25) is 4.79 Å². The molecule has 0 aromatic heterocycles. The summed E-state index contributed by atoms with van der Waals surface area (Å²) in [7, 11) is 0. The number of halogens is 1. The monoisotopic (exact) mass is 278 g/mol. The standard InChI is InChI=1S/C15H19FN2O2/c16-13-4-1-3-12(7-13)8-18-11-15(20-9-14(18)19)5-2-6-17-10-15/h1,3-4,7,17H,2,5-6,8-11H2. The van der Waals surface area contributed by atoms with Gasteiger partial charge in [0.2, 0.25) is 5.91 Å². The highest BCUT2D eigenvalue weighted by Crippen LogP contribution is 2.26. The molecule has 1 N–H and O–H groups in total. The maximum Gasteiger partial charge on any atom is 0.249 e. The molecule has 20 heavy (non-hydrogen) atoms. The molecule has 0 aliphatic carbocycles. The molecule has 1 aromatic carbocycles. The molecule has 2 aliphatic heterocycles. The van der Waals surface area contributed by atoms with Gasteiger partial charge in [-0.15, -0.1) is 0 Å². The highest BCUT2D eigenvalue weighted by molar-refractivity contribution is 5.78. The second kappa shape index (κ2) is 5.50. The summed E-state index contributed by atoms with van der Waals surface area (Å²) in [4.78, 5) is 13.8. The van der Waals surface area contributed by atoms with Crippen LogP contribution in [0, 0.1) is 5.82 Å². The van der Waals surface area contributed by atoms with Crippen molar-refractivity contribution < 1.29 is 13.9 Å². The van der Waals surface area contributed by atoms with Crippen molar-refractivity contribution in [2.75, 3.05) is 26.2 Å². The molecule has 3 rings (SSSR count). The van der Waals surface area contributed by atoms with Gasteiger partial charge in [-0.1, -0.05) is 12.1 Å². The van der Waals surface area contributed by atoms with Crippen LogP contribution in [0.25, 0.3) is 0 Å². The average molecular weight is 278 g/mol. The highest BCUT2D eigenvalue weighted by Gasteiger charge is 2.40. The number of carbonyl (C=O) groups is 1. The molecule has 1 unspecified atom stereocenters. The van der Waals surface area contributed by atoms with E-state index in [1.165, 1.54) is 12.1 Å².